The predicted octanol–water partition coefficient (Wildman–Crippen LogP) is 4.98. The van der Waals surface area contributed by atoms with Gasteiger partial charge in [-0.1, -0.05) is 29.3 Å². The molecule has 1 aliphatic rings. The summed E-state index contributed by atoms with van der Waals surface area (Å²) in [5.41, 5.74) is 1.96. The fourth-order valence-electron chi connectivity index (χ4n) is 2.34. The van der Waals surface area contributed by atoms with Gasteiger partial charge in [0.15, 0.2) is 5.13 Å². The van der Waals surface area contributed by atoms with Crippen LogP contribution in [-0.2, 0) is 17.6 Å². The summed E-state index contributed by atoms with van der Waals surface area (Å²) in [6.07, 6.45) is 7.65. The van der Waals surface area contributed by atoms with Crippen molar-refractivity contribution in [2.24, 2.45) is 0 Å². The molecule has 0 spiro atoms. The van der Waals surface area contributed by atoms with Gasteiger partial charge in [0.1, 0.15) is 0 Å². The van der Waals surface area contributed by atoms with E-state index in [1.165, 1.54) is 23.8 Å². The number of benzene rings is 1. The van der Waals surface area contributed by atoms with Crippen LogP contribution in [0.3, 0.4) is 0 Å². The van der Waals surface area contributed by atoms with Crippen molar-refractivity contribution in [3.8, 4) is 0 Å². The minimum Gasteiger partial charge on any atom is -0.298 e. The Hall–Kier alpha value is -1.36. The van der Waals surface area contributed by atoms with Gasteiger partial charge < -0.3 is 0 Å². The number of hydrogen-bond donors (Lipinski definition) is 1. The quantitative estimate of drug-likeness (QED) is 0.791. The van der Waals surface area contributed by atoms with Crippen LogP contribution in [0, 0.1) is 0 Å². The number of aromatic nitrogens is 1. The van der Waals surface area contributed by atoms with Crippen LogP contribution in [-0.4, -0.2) is 10.9 Å². The molecule has 0 unspecified atom stereocenters. The van der Waals surface area contributed by atoms with E-state index < -0.39 is 0 Å². The zero-order valence-electron chi connectivity index (χ0n) is 11.7. The highest BCUT2D eigenvalue weighted by molar-refractivity contribution is 7.15. The van der Waals surface area contributed by atoms with Gasteiger partial charge in [0, 0.05) is 11.0 Å². The van der Waals surface area contributed by atoms with E-state index in [4.69, 9.17) is 23.2 Å². The Labute approximate surface area is 143 Å². The third kappa shape index (κ3) is 3.69. The number of hydrogen-bond acceptors (Lipinski definition) is 3. The summed E-state index contributed by atoms with van der Waals surface area (Å²) in [6.45, 7) is 0. The van der Waals surface area contributed by atoms with Crippen molar-refractivity contribution in [2.75, 3.05) is 5.32 Å². The molecule has 3 rings (SSSR count). The molecule has 0 fully saturated rings. The predicted molar refractivity (Wildman–Crippen MR) is 92.9 cm³/mol. The van der Waals surface area contributed by atoms with Crippen molar-refractivity contribution in [1.82, 2.24) is 4.98 Å². The molecule has 1 amide bonds. The molecule has 1 aromatic heterocycles. The summed E-state index contributed by atoms with van der Waals surface area (Å²) < 4.78 is 0. The van der Waals surface area contributed by atoms with Gasteiger partial charge in [-0.05, 0) is 49.5 Å². The molecule has 0 atom stereocenters. The number of thiazole rings is 1. The van der Waals surface area contributed by atoms with Crippen LogP contribution in [0.15, 0.2) is 24.3 Å². The van der Waals surface area contributed by atoms with E-state index in [-0.39, 0.29) is 5.91 Å². The number of amides is 1. The highest BCUT2D eigenvalue weighted by Gasteiger charge is 2.15. The van der Waals surface area contributed by atoms with Crippen molar-refractivity contribution in [3.05, 3.63) is 50.5 Å². The maximum Gasteiger partial charge on any atom is 0.250 e. The molecule has 3 nitrogen and oxygen atoms in total. The average molecular weight is 353 g/mol. The summed E-state index contributed by atoms with van der Waals surface area (Å²) in [5, 5.41) is 4.46. The number of carbonyl (C=O) groups is 1. The SMILES string of the molecule is O=C(C=Cc1ccc(Cl)c(Cl)c1)Nc1nc2c(s1)CCCC2. The van der Waals surface area contributed by atoms with Crippen LogP contribution in [0.1, 0.15) is 29.0 Å². The minimum atomic E-state index is -0.197. The third-order valence-electron chi connectivity index (χ3n) is 3.45. The lowest BCUT2D eigenvalue weighted by atomic mass is 10.0. The van der Waals surface area contributed by atoms with E-state index in [1.807, 2.05) is 0 Å². The first kappa shape index (κ1) is 15.5. The van der Waals surface area contributed by atoms with E-state index >= 15 is 0 Å². The molecular weight excluding hydrogens is 339 g/mol. The van der Waals surface area contributed by atoms with Crippen LogP contribution in [0.25, 0.3) is 6.08 Å². The second-order valence-electron chi connectivity index (χ2n) is 5.09. The maximum absolute atomic E-state index is 12.0. The van der Waals surface area contributed by atoms with Crippen LogP contribution < -0.4 is 5.32 Å². The van der Waals surface area contributed by atoms with Gasteiger partial charge in [-0.3, -0.25) is 10.1 Å². The van der Waals surface area contributed by atoms with E-state index in [0.29, 0.717) is 15.2 Å². The number of aryl methyl sites for hydroxylation is 2. The highest BCUT2D eigenvalue weighted by atomic mass is 35.5. The maximum atomic E-state index is 12.0. The highest BCUT2D eigenvalue weighted by Crippen LogP contribution is 2.29. The molecule has 0 radical (unpaired) electrons. The minimum absolute atomic E-state index is 0.197. The second kappa shape index (κ2) is 6.82. The molecule has 0 aliphatic heterocycles. The molecule has 1 aromatic carbocycles. The molecule has 114 valence electrons. The first-order valence-corrected chi connectivity index (χ1v) is 8.62. The standard InChI is InChI=1S/C16H14Cl2N2OS/c17-11-7-5-10(9-12(11)18)6-8-15(21)20-16-19-13-3-1-2-4-14(13)22-16/h5-9H,1-4H2,(H,19,20,21). The zero-order chi connectivity index (χ0) is 15.5. The van der Waals surface area contributed by atoms with Crippen molar-refractivity contribution in [3.63, 3.8) is 0 Å². The Morgan fingerprint density at radius 3 is 2.82 bits per heavy atom. The van der Waals surface area contributed by atoms with Gasteiger partial charge in [-0.2, -0.15) is 0 Å². The topological polar surface area (TPSA) is 42.0 Å². The molecule has 1 N–H and O–H groups in total. The molecule has 2 aromatic rings. The average Bonchev–Trinajstić information content (AvgIpc) is 2.90. The number of nitrogens with one attached hydrogen (secondary N) is 1. The Bertz CT molecular complexity index is 716. The Kier molecular flexibility index (Phi) is 4.81. The van der Waals surface area contributed by atoms with Crippen molar-refractivity contribution in [1.29, 1.82) is 0 Å². The van der Waals surface area contributed by atoms with Crippen molar-refractivity contribution >= 4 is 51.7 Å². The van der Waals surface area contributed by atoms with Crippen molar-refractivity contribution in [2.45, 2.75) is 25.7 Å². The molecule has 0 saturated carbocycles. The van der Waals surface area contributed by atoms with Crippen LogP contribution >= 0.6 is 34.5 Å². The number of nitrogens with zero attached hydrogens (tertiary/aromatic N) is 1. The van der Waals surface area contributed by atoms with Gasteiger partial charge in [-0.25, -0.2) is 4.98 Å². The van der Waals surface area contributed by atoms with E-state index in [2.05, 4.69) is 10.3 Å². The Morgan fingerprint density at radius 1 is 1.23 bits per heavy atom. The number of anilines is 1. The van der Waals surface area contributed by atoms with Crippen LogP contribution in [0.5, 0.6) is 0 Å². The summed E-state index contributed by atoms with van der Waals surface area (Å²) >= 11 is 13.4. The lowest BCUT2D eigenvalue weighted by Crippen LogP contribution is -2.07. The molecule has 6 heteroatoms. The van der Waals surface area contributed by atoms with E-state index in [9.17, 15) is 4.79 Å². The third-order valence-corrected chi connectivity index (χ3v) is 5.26. The molecule has 0 saturated heterocycles. The fourth-order valence-corrected chi connectivity index (χ4v) is 3.70. The lowest BCUT2D eigenvalue weighted by Gasteiger charge is -2.06. The Balaban J connectivity index is 1.65. The fraction of sp³-hybridized carbons (Fsp3) is 0.250. The van der Waals surface area contributed by atoms with E-state index in [1.54, 1.807) is 35.6 Å². The van der Waals surface area contributed by atoms with Gasteiger partial charge in [0.25, 0.3) is 0 Å². The lowest BCUT2D eigenvalue weighted by molar-refractivity contribution is -0.111. The summed E-state index contributed by atoms with van der Waals surface area (Å²) in [7, 11) is 0. The monoisotopic (exact) mass is 352 g/mol. The number of fused-ring (bicyclic) bond motifs is 1. The van der Waals surface area contributed by atoms with Gasteiger partial charge in [-0.15, -0.1) is 11.3 Å². The number of halogens is 2. The molecule has 22 heavy (non-hydrogen) atoms. The van der Waals surface area contributed by atoms with Crippen LogP contribution in [0.4, 0.5) is 5.13 Å². The largest absolute Gasteiger partial charge is 0.298 e. The van der Waals surface area contributed by atoms with Crippen molar-refractivity contribution < 1.29 is 4.79 Å². The van der Waals surface area contributed by atoms with E-state index in [0.717, 1.165) is 24.1 Å². The second-order valence-corrected chi connectivity index (χ2v) is 6.99. The smallest absolute Gasteiger partial charge is 0.250 e. The van der Waals surface area contributed by atoms with Crippen LogP contribution in [0.2, 0.25) is 10.0 Å². The first-order valence-electron chi connectivity index (χ1n) is 7.04. The normalized spacial score (nSPS) is 14.1. The first-order chi connectivity index (χ1) is 10.6. The molecule has 0 bridgehead atoms. The summed E-state index contributed by atoms with van der Waals surface area (Å²) in [5.74, 6) is -0.197. The van der Waals surface area contributed by atoms with Gasteiger partial charge in [0.2, 0.25) is 5.91 Å². The summed E-state index contributed by atoms with van der Waals surface area (Å²) in [6, 6.07) is 5.23. The molecular formula is C16H14Cl2N2OS. The molecule has 1 aliphatic carbocycles. The molecule has 1 heterocycles. The number of rotatable bonds is 3. The summed E-state index contributed by atoms with van der Waals surface area (Å²) in [4.78, 5) is 17.7. The van der Waals surface area contributed by atoms with Gasteiger partial charge >= 0.3 is 0 Å². The number of carbonyl (C=O) groups excluding carboxylic acids is 1. The van der Waals surface area contributed by atoms with Gasteiger partial charge in [0.05, 0.1) is 15.7 Å². The zero-order valence-corrected chi connectivity index (χ0v) is 14.1. The Morgan fingerprint density at radius 2 is 2.05 bits per heavy atom.